The predicted molar refractivity (Wildman–Crippen MR) is 35.6 cm³/mol. The minimum Gasteiger partial charge on any atom is -0.501 e. The second-order valence-electron chi connectivity index (χ2n) is 1.76. The van der Waals surface area contributed by atoms with Crippen molar-refractivity contribution in [2.24, 2.45) is 0 Å². The summed E-state index contributed by atoms with van der Waals surface area (Å²) in [5, 5.41) is 9.80. The van der Waals surface area contributed by atoms with Crippen LogP contribution in [0.4, 0.5) is 0 Å². The number of rotatable bonds is 5. The average molecular weight is 129 g/mol. The molecule has 0 aliphatic heterocycles. The molecule has 0 unspecified atom stereocenters. The largest absolute Gasteiger partial charge is 0.501 e. The van der Waals surface area contributed by atoms with Gasteiger partial charge in [0.1, 0.15) is 6.61 Å². The molecule has 0 aromatic carbocycles. The molecule has 0 aromatic rings. The molecule has 0 saturated heterocycles. The van der Waals surface area contributed by atoms with Crippen molar-refractivity contribution in [3.63, 3.8) is 0 Å². The Kier molecular flexibility index (Phi) is 7.08. The van der Waals surface area contributed by atoms with E-state index in [-0.39, 0.29) is 6.61 Å². The predicted octanol–water partition coefficient (Wildman–Crippen LogP) is 1.75. The maximum Gasteiger partial charge on any atom is 0.104 e. The zero-order valence-electron chi connectivity index (χ0n) is 5.80. The molecule has 53 valence electrons. The van der Waals surface area contributed by atoms with Crippen molar-refractivity contribution in [2.45, 2.75) is 19.8 Å². The van der Waals surface area contributed by atoms with E-state index in [1.165, 1.54) is 12.3 Å². The first-order chi connectivity index (χ1) is 4.41. The lowest BCUT2D eigenvalue weighted by Gasteiger charge is -1.95. The van der Waals surface area contributed by atoms with Gasteiger partial charge in [0.25, 0.3) is 0 Å². The Bertz CT molecular complexity index is 69.3. The summed E-state index contributed by atoms with van der Waals surface area (Å²) in [6.45, 7) is 2.64. The fraction of sp³-hybridized carbons (Fsp3) is 0.714. The summed E-state index contributed by atoms with van der Waals surface area (Å²) >= 11 is 0. The molecular weight excluding hydrogens is 116 g/mol. The molecule has 2 nitrogen and oxygen atoms in total. The topological polar surface area (TPSA) is 29.1 Å². The van der Waals surface area contributed by atoms with Crippen molar-refractivity contribution in [3.8, 4) is 0 Å². The highest BCUT2D eigenvalue weighted by molar-refractivity contribution is 4.70. The first-order valence-electron chi connectivity index (χ1n) is 3.26. The van der Waals surface area contributed by atoms with Gasteiger partial charge in [0.2, 0.25) is 0 Å². The standard InChI is InChI=1S/C7H13O2/c1-2-3-6-9-7-4-5-8/h4,7H,2-3,5-6H2,1H3. The SMILES string of the molecule is CCCCOC=CC[O]. The van der Waals surface area contributed by atoms with Gasteiger partial charge in [-0.3, -0.25) is 0 Å². The molecular formula is C7H13O2. The van der Waals surface area contributed by atoms with Crippen LogP contribution in [0.5, 0.6) is 0 Å². The van der Waals surface area contributed by atoms with E-state index in [1.54, 1.807) is 0 Å². The number of unbranched alkanes of at least 4 members (excludes halogenated alkanes) is 1. The van der Waals surface area contributed by atoms with E-state index >= 15 is 0 Å². The van der Waals surface area contributed by atoms with Gasteiger partial charge in [0.05, 0.1) is 12.9 Å². The molecule has 0 spiro atoms. The Balaban J connectivity index is 2.82. The minimum atomic E-state index is -0.188. The van der Waals surface area contributed by atoms with Gasteiger partial charge in [-0.25, -0.2) is 5.11 Å². The third kappa shape index (κ3) is 7.50. The molecule has 1 radical (unpaired) electrons. The van der Waals surface area contributed by atoms with Crippen molar-refractivity contribution in [3.05, 3.63) is 12.3 Å². The Hall–Kier alpha value is -0.500. The van der Waals surface area contributed by atoms with E-state index in [9.17, 15) is 5.11 Å². The first-order valence-corrected chi connectivity index (χ1v) is 3.26. The van der Waals surface area contributed by atoms with Gasteiger partial charge < -0.3 is 4.74 Å². The molecule has 9 heavy (non-hydrogen) atoms. The average Bonchev–Trinajstić information content (AvgIpc) is 1.89. The van der Waals surface area contributed by atoms with Crippen molar-refractivity contribution >= 4 is 0 Å². The lowest BCUT2D eigenvalue weighted by molar-refractivity contribution is 0.215. The van der Waals surface area contributed by atoms with Gasteiger partial charge >= 0.3 is 0 Å². The quantitative estimate of drug-likeness (QED) is 0.410. The van der Waals surface area contributed by atoms with Crippen LogP contribution in [-0.2, 0) is 9.84 Å². The molecule has 0 atom stereocenters. The molecule has 0 amide bonds. The molecule has 0 aliphatic carbocycles. The smallest absolute Gasteiger partial charge is 0.104 e. The van der Waals surface area contributed by atoms with Crippen LogP contribution < -0.4 is 0 Å². The van der Waals surface area contributed by atoms with Crippen molar-refractivity contribution in [1.82, 2.24) is 0 Å². The van der Waals surface area contributed by atoms with Crippen molar-refractivity contribution < 1.29 is 9.84 Å². The van der Waals surface area contributed by atoms with E-state index < -0.39 is 0 Å². The summed E-state index contributed by atoms with van der Waals surface area (Å²) in [6, 6.07) is 0. The Morgan fingerprint density at radius 1 is 1.56 bits per heavy atom. The van der Waals surface area contributed by atoms with Crippen molar-refractivity contribution in [2.75, 3.05) is 13.2 Å². The normalized spacial score (nSPS) is 10.4. The van der Waals surface area contributed by atoms with E-state index in [2.05, 4.69) is 6.92 Å². The summed E-state index contributed by atoms with van der Waals surface area (Å²) in [5.41, 5.74) is 0. The molecule has 0 N–H and O–H groups in total. The summed E-state index contributed by atoms with van der Waals surface area (Å²) < 4.78 is 4.93. The maximum atomic E-state index is 9.80. The highest BCUT2D eigenvalue weighted by Crippen LogP contribution is 1.87. The summed E-state index contributed by atoms with van der Waals surface area (Å²) in [5.74, 6) is 0. The fourth-order valence-corrected chi connectivity index (χ4v) is 0.403. The molecule has 0 saturated carbocycles. The summed E-state index contributed by atoms with van der Waals surface area (Å²) in [4.78, 5) is 0. The number of hydrogen-bond donors (Lipinski definition) is 0. The zero-order chi connectivity index (χ0) is 6.95. The highest BCUT2D eigenvalue weighted by Gasteiger charge is 1.78. The van der Waals surface area contributed by atoms with Crippen LogP contribution in [0.2, 0.25) is 0 Å². The summed E-state index contributed by atoms with van der Waals surface area (Å²) in [7, 11) is 0. The third-order valence-corrected chi connectivity index (χ3v) is 0.904. The van der Waals surface area contributed by atoms with Gasteiger partial charge in [-0.2, -0.15) is 0 Å². The monoisotopic (exact) mass is 129 g/mol. The molecule has 0 heterocycles. The van der Waals surface area contributed by atoms with Crippen LogP contribution in [-0.4, -0.2) is 13.2 Å². The molecule has 0 bridgehead atoms. The lowest BCUT2D eigenvalue weighted by Crippen LogP contribution is -1.85. The van der Waals surface area contributed by atoms with Gasteiger partial charge in [-0.15, -0.1) is 0 Å². The van der Waals surface area contributed by atoms with E-state index in [0.29, 0.717) is 0 Å². The highest BCUT2D eigenvalue weighted by atomic mass is 16.5. The first kappa shape index (κ1) is 8.50. The summed E-state index contributed by atoms with van der Waals surface area (Å²) in [6.07, 6.45) is 5.13. The van der Waals surface area contributed by atoms with Gasteiger partial charge in [0.15, 0.2) is 0 Å². The Morgan fingerprint density at radius 2 is 2.33 bits per heavy atom. The third-order valence-electron chi connectivity index (χ3n) is 0.904. The second-order valence-corrected chi connectivity index (χ2v) is 1.76. The zero-order valence-corrected chi connectivity index (χ0v) is 5.80. The molecule has 0 fully saturated rings. The lowest BCUT2D eigenvalue weighted by atomic mass is 10.4. The van der Waals surface area contributed by atoms with E-state index in [0.717, 1.165) is 19.4 Å². The van der Waals surface area contributed by atoms with Crippen LogP contribution in [0.15, 0.2) is 12.3 Å². The van der Waals surface area contributed by atoms with Crippen LogP contribution >= 0.6 is 0 Å². The van der Waals surface area contributed by atoms with Crippen LogP contribution in [0.3, 0.4) is 0 Å². The Morgan fingerprint density at radius 3 is 2.89 bits per heavy atom. The van der Waals surface area contributed by atoms with Gasteiger partial charge in [-0.1, -0.05) is 13.3 Å². The fourth-order valence-electron chi connectivity index (χ4n) is 0.403. The van der Waals surface area contributed by atoms with Crippen LogP contribution in [0, 0.1) is 0 Å². The molecule has 0 aromatic heterocycles. The molecule has 0 aliphatic rings. The van der Waals surface area contributed by atoms with Crippen LogP contribution in [0.1, 0.15) is 19.8 Å². The number of ether oxygens (including phenoxy) is 1. The minimum absolute atomic E-state index is 0.188. The molecule has 2 heteroatoms. The van der Waals surface area contributed by atoms with Crippen LogP contribution in [0.25, 0.3) is 0 Å². The maximum absolute atomic E-state index is 9.80. The van der Waals surface area contributed by atoms with Gasteiger partial charge in [0, 0.05) is 0 Å². The Labute approximate surface area is 56.1 Å². The van der Waals surface area contributed by atoms with E-state index in [4.69, 9.17) is 4.74 Å². The second kappa shape index (κ2) is 7.50. The molecule has 0 rings (SSSR count). The number of hydrogen-bond acceptors (Lipinski definition) is 1. The van der Waals surface area contributed by atoms with E-state index in [1.807, 2.05) is 0 Å². The van der Waals surface area contributed by atoms with Crippen molar-refractivity contribution in [1.29, 1.82) is 0 Å². The van der Waals surface area contributed by atoms with Gasteiger partial charge in [-0.05, 0) is 12.5 Å².